The molecule has 0 aromatic rings. The molecule has 0 spiro atoms. The number of halogens is 1. The van der Waals surface area contributed by atoms with Crippen LogP contribution < -0.4 is 16.4 Å². The van der Waals surface area contributed by atoms with Gasteiger partial charge in [0.05, 0.1) is 6.54 Å². The molecule has 0 aromatic heterocycles. The fourth-order valence-corrected chi connectivity index (χ4v) is 0.815. The van der Waals surface area contributed by atoms with Crippen molar-refractivity contribution in [2.45, 2.75) is 40.2 Å². The number of hydrogen-bond acceptors (Lipinski definition) is 3. The van der Waals surface area contributed by atoms with Crippen molar-refractivity contribution in [3.63, 3.8) is 0 Å². The Hall–Kier alpha value is -0.810. The molecular weight excluding hydrogens is 242 g/mol. The molecule has 0 fully saturated rings. The second-order valence-corrected chi connectivity index (χ2v) is 5.70. The zero-order chi connectivity index (χ0) is 13.0. The molecule has 5 nitrogen and oxygen atoms in total. The topological polar surface area (TPSA) is 84.2 Å². The zero-order valence-corrected chi connectivity index (χ0v) is 12.0. The average molecular weight is 266 g/mol. The van der Waals surface area contributed by atoms with Crippen LogP contribution in [0.5, 0.6) is 0 Å². The zero-order valence-electron chi connectivity index (χ0n) is 11.2. The molecule has 0 aromatic carbocycles. The van der Waals surface area contributed by atoms with Gasteiger partial charge in [0.2, 0.25) is 11.8 Å². The van der Waals surface area contributed by atoms with E-state index in [1.165, 1.54) is 0 Å². The van der Waals surface area contributed by atoms with E-state index in [1.807, 2.05) is 13.8 Å². The standard InChI is InChI=1S/C11H23N3O2.ClH/c1-10(2,3)9(16)13-6-8(15)14-7-11(4,5)12;/h6-7,12H2,1-5H3,(H,13,16)(H,14,15);1H. The van der Waals surface area contributed by atoms with Gasteiger partial charge in [0.1, 0.15) is 0 Å². The molecule has 102 valence electrons. The van der Waals surface area contributed by atoms with Gasteiger partial charge in [0.25, 0.3) is 0 Å². The molecule has 4 N–H and O–H groups in total. The molecule has 0 radical (unpaired) electrons. The van der Waals surface area contributed by atoms with Crippen molar-refractivity contribution in [2.24, 2.45) is 11.1 Å². The van der Waals surface area contributed by atoms with E-state index < -0.39 is 11.0 Å². The van der Waals surface area contributed by atoms with Gasteiger partial charge < -0.3 is 16.4 Å². The van der Waals surface area contributed by atoms with Crippen molar-refractivity contribution in [2.75, 3.05) is 13.1 Å². The molecule has 17 heavy (non-hydrogen) atoms. The second-order valence-electron chi connectivity index (χ2n) is 5.70. The SMILES string of the molecule is CC(C)(N)CNC(=O)CNC(=O)C(C)(C)C.Cl. The quantitative estimate of drug-likeness (QED) is 0.689. The van der Waals surface area contributed by atoms with E-state index >= 15 is 0 Å². The average Bonchev–Trinajstić information content (AvgIpc) is 2.08. The molecule has 0 aliphatic heterocycles. The van der Waals surface area contributed by atoms with Crippen LogP contribution in [0.15, 0.2) is 0 Å². The third-order valence-corrected chi connectivity index (χ3v) is 1.83. The summed E-state index contributed by atoms with van der Waals surface area (Å²) in [5.41, 5.74) is 4.79. The maximum absolute atomic E-state index is 11.5. The third kappa shape index (κ3) is 10.1. The highest BCUT2D eigenvalue weighted by atomic mass is 35.5. The molecule has 0 atom stereocenters. The highest BCUT2D eigenvalue weighted by molar-refractivity contribution is 5.87. The predicted molar refractivity (Wildman–Crippen MR) is 71.0 cm³/mol. The number of carbonyl (C=O) groups is 2. The first-order valence-electron chi connectivity index (χ1n) is 5.36. The number of hydrogen-bond donors (Lipinski definition) is 3. The Balaban J connectivity index is 0. The first-order valence-corrected chi connectivity index (χ1v) is 5.36. The smallest absolute Gasteiger partial charge is 0.239 e. The summed E-state index contributed by atoms with van der Waals surface area (Å²) in [5, 5.41) is 5.22. The van der Waals surface area contributed by atoms with Gasteiger partial charge in [-0.05, 0) is 13.8 Å². The molecule has 0 rings (SSSR count). The molecule has 6 heteroatoms. The van der Waals surface area contributed by atoms with Crippen LogP contribution in [0.25, 0.3) is 0 Å². The summed E-state index contributed by atoms with van der Waals surface area (Å²) in [6.07, 6.45) is 0. The molecule has 0 aliphatic rings. The van der Waals surface area contributed by atoms with Gasteiger partial charge in [-0.3, -0.25) is 9.59 Å². The third-order valence-electron chi connectivity index (χ3n) is 1.83. The second kappa shape index (κ2) is 6.81. The van der Waals surface area contributed by atoms with E-state index in [0.717, 1.165) is 0 Å². The molecule has 0 bridgehead atoms. The number of nitrogens with two attached hydrogens (primary N) is 1. The molecule has 0 heterocycles. The normalized spacial score (nSPS) is 11.4. The summed E-state index contributed by atoms with van der Waals surface area (Å²) in [6.45, 7) is 9.40. The summed E-state index contributed by atoms with van der Waals surface area (Å²) in [7, 11) is 0. The summed E-state index contributed by atoms with van der Waals surface area (Å²) in [5.74, 6) is -0.370. The number of rotatable bonds is 4. The van der Waals surface area contributed by atoms with Crippen molar-refractivity contribution in [1.82, 2.24) is 10.6 Å². The van der Waals surface area contributed by atoms with E-state index in [0.29, 0.717) is 6.54 Å². The minimum Gasteiger partial charge on any atom is -0.353 e. The van der Waals surface area contributed by atoms with Gasteiger partial charge in [-0.25, -0.2) is 0 Å². The van der Waals surface area contributed by atoms with Gasteiger partial charge in [0, 0.05) is 17.5 Å². The van der Waals surface area contributed by atoms with Crippen molar-refractivity contribution in [1.29, 1.82) is 0 Å². The van der Waals surface area contributed by atoms with Gasteiger partial charge >= 0.3 is 0 Å². The van der Waals surface area contributed by atoms with E-state index in [-0.39, 0.29) is 30.8 Å². The predicted octanol–water partition coefficient (Wildman–Crippen LogP) is 0.424. The summed E-state index contributed by atoms with van der Waals surface area (Å²) >= 11 is 0. The van der Waals surface area contributed by atoms with Crippen molar-refractivity contribution in [3.8, 4) is 0 Å². The monoisotopic (exact) mass is 265 g/mol. The number of nitrogens with one attached hydrogen (secondary N) is 2. The minimum absolute atomic E-state index is 0. The van der Waals surface area contributed by atoms with Crippen LogP contribution in [0, 0.1) is 5.41 Å². The Labute approximate surface area is 109 Å². The van der Waals surface area contributed by atoms with E-state index in [9.17, 15) is 9.59 Å². The summed E-state index contributed by atoms with van der Waals surface area (Å²) in [4.78, 5) is 22.8. The van der Waals surface area contributed by atoms with Crippen LogP contribution in [0.4, 0.5) is 0 Å². The largest absolute Gasteiger partial charge is 0.353 e. The van der Waals surface area contributed by atoms with Gasteiger partial charge in [-0.1, -0.05) is 20.8 Å². The first-order chi connectivity index (χ1) is 7.02. The van der Waals surface area contributed by atoms with E-state index in [1.54, 1.807) is 20.8 Å². The first kappa shape index (κ1) is 18.6. The minimum atomic E-state index is -0.479. The van der Waals surface area contributed by atoms with E-state index in [2.05, 4.69) is 10.6 Å². The van der Waals surface area contributed by atoms with Gasteiger partial charge in [-0.15, -0.1) is 12.4 Å². The Morgan fingerprint density at radius 2 is 1.53 bits per heavy atom. The highest BCUT2D eigenvalue weighted by Gasteiger charge is 2.21. The van der Waals surface area contributed by atoms with Crippen LogP contribution in [0.3, 0.4) is 0 Å². The molecule has 0 saturated carbocycles. The van der Waals surface area contributed by atoms with Crippen molar-refractivity contribution in [3.05, 3.63) is 0 Å². The van der Waals surface area contributed by atoms with Crippen LogP contribution in [0.2, 0.25) is 0 Å². The van der Waals surface area contributed by atoms with Crippen LogP contribution in [-0.4, -0.2) is 30.4 Å². The lowest BCUT2D eigenvalue weighted by Crippen LogP contribution is -2.48. The number of carbonyl (C=O) groups excluding carboxylic acids is 2. The molecule has 0 aliphatic carbocycles. The Morgan fingerprint density at radius 3 is 1.88 bits per heavy atom. The highest BCUT2D eigenvalue weighted by Crippen LogP contribution is 2.11. The lowest BCUT2D eigenvalue weighted by molar-refractivity contribution is -0.131. The van der Waals surface area contributed by atoms with Crippen molar-refractivity contribution < 1.29 is 9.59 Å². The molecule has 2 amide bonds. The maximum Gasteiger partial charge on any atom is 0.239 e. The molecule has 0 saturated heterocycles. The lowest BCUT2D eigenvalue weighted by atomic mass is 9.96. The van der Waals surface area contributed by atoms with E-state index in [4.69, 9.17) is 5.73 Å². The van der Waals surface area contributed by atoms with Crippen LogP contribution in [-0.2, 0) is 9.59 Å². The Bertz CT molecular complexity index is 267. The van der Waals surface area contributed by atoms with Crippen molar-refractivity contribution >= 4 is 24.2 Å². The molecular formula is C11H24ClN3O2. The Morgan fingerprint density at radius 1 is 1.06 bits per heavy atom. The lowest BCUT2D eigenvalue weighted by Gasteiger charge is -2.20. The fourth-order valence-electron chi connectivity index (χ4n) is 0.815. The van der Waals surface area contributed by atoms with Crippen LogP contribution in [0.1, 0.15) is 34.6 Å². The summed E-state index contributed by atoms with van der Waals surface area (Å²) in [6, 6.07) is 0. The molecule has 0 unspecified atom stereocenters. The summed E-state index contributed by atoms with van der Waals surface area (Å²) < 4.78 is 0. The fraction of sp³-hybridized carbons (Fsp3) is 0.818. The number of amides is 2. The maximum atomic E-state index is 11.5. The van der Waals surface area contributed by atoms with Crippen LogP contribution >= 0.6 is 12.4 Å². The van der Waals surface area contributed by atoms with Gasteiger partial charge in [-0.2, -0.15) is 0 Å². The Kier molecular flexibility index (Phi) is 7.43. The van der Waals surface area contributed by atoms with Gasteiger partial charge in [0.15, 0.2) is 0 Å².